The fourth-order valence-electron chi connectivity index (χ4n) is 2.11. The summed E-state index contributed by atoms with van der Waals surface area (Å²) in [7, 11) is 3.02. The molecule has 1 fully saturated rings. The van der Waals surface area contributed by atoms with Gasteiger partial charge in [-0.3, -0.25) is 0 Å². The van der Waals surface area contributed by atoms with Gasteiger partial charge < -0.3 is 19.8 Å². The first kappa shape index (κ1) is 18.1. The summed E-state index contributed by atoms with van der Waals surface area (Å²) in [6.07, 6.45) is 2.04. The first-order valence-electron chi connectivity index (χ1n) is 7.61. The van der Waals surface area contributed by atoms with Gasteiger partial charge >= 0.3 is 5.97 Å². The van der Waals surface area contributed by atoms with Gasteiger partial charge in [0.25, 0.3) is 0 Å². The van der Waals surface area contributed by atoms with E-state index >= 15 is 0 Å². The summed E-state index contributed by atoms with van der Waals surface area (Å²) in [6, 6.07) is 3.73. The summed E-state index contributed by atoms with van der Waals surface area (Å²) in [5.74, 6) is 1.41. The summed E-state index contributed by atoms with van der Waals surface area (Å²) in [5, 5.41) is 0.0365. The number of allylic oxidation sites excluding steroid dienone is 1. The SMILES string of the molecule is C=C(/N=C(C(=O)OC)\C(Cl)=C(/N)N(C)Cc1ccc(C)o1)C1CC1. The van der Waals surface area contributed by atoms with Crippen LogP contribution in [0.4, 0.5) is 0 Å². The zero-order valence-corrected chi connectivity index (χ0v) is 14.9. The lowest BCUT2D eigenvalue weighted by Crippen LogP contribution is -2.28. The molecule has 130 valence electrons. The van der Waals surface area contributed by atoms with E-state index < -0.39 is 5.97 Å². The number of carbonyl (C=O) groups excluding carboxylic acids is 1. The van der Waals surface area contributed by atoms with Crippen molar-refractivity contribution in [1.82, 2.24) is 4.90 Å². The van der Waals surface area contributed by atoms with Gasteiger partial charge in [0.1, 0.15) is 22.4 Å². The molecule has 1 aromatic heterocycles. The molecule has 7 heteroatoms. The Morgan fingerprint density at radius 2 is 2.21 bits per heavy atom. The van der Waals surface area contributed by atoms with Gasteiger partial charge in [-0.25, -0.2) is 9.79 Å². The second-order valence-electron chi connectivity index (χ2n) is 5.79. The van der Waals surface area contributed by atoms with E-state index in [1.165, 1.54) is 7.11 Å². The molecule has 1 saturated carbocycles. The summed E-state index contributed by atoms with van der Waals surface area (Å²) in [6.45, 7) is 6.16. The molecule has 1 heterocycles. The van der Waals surface area contributed by atoms with Crippen molar-refractivity contribution in [2.24, 2.45) is 16.6 Å². The lowest BCUT2D eigenvalue weighted by Gasteiger charge is -2.20. The molecule has 0 spiro atoms. The zero-order valence-electron chi connectivity index (χ0n) is 14.1. The second-order valence-corrected chi connectivity index (χ2v) is 6.16. The minimum absolute atomic E-state index is 0.0314. The van der Waals surface area contributed by atoms with Crippen molar-refractivity contribution >= 4 is 23.3 Å². The Morgan fingerprint density at radius 3 is 2.71 bits per heavy atom. The average molecular weight is 352 g/mol. The number of halogens is 1. The molecule has 0 unspecified atom stereocenters. The van der Waals surface area contributed by atoms with Crippen LogP contribution >= 0.6 is 11.6 Å². The minimum atomic E-state index is -0.646. The number of carbonyl (C=O) groups is 1. The number of aryl methyl sites for hydroxylation is 1. The largest absolute Gasteiger partial charge is 0.464 e. The molecule has 0 bridgehead atoms. The van der Waals surface area contributed by atoms with Gasteiger partial charge in [0.2, 0.25) is 0 Å². The Kier molecular flexibility index (Phi) is 5.72. The van der Waals surface area contributed by atoms with E-state index in [1.54, 1.807) is 11.9 Å². The standard InChI is InChI=1S/C17H22ClN3O3/c1-10-5-8-13(24-10)9-21(3)16(19)14(18)15(17(22)23-4)20-11(2)12-6-7-12/h5,8,12H,2,6-7,9,19H2,1,3-4H3/b16-14-,20-15+. The van der Waals surface area contributed by atoms with Crippen LogP contribution in [-0.2, 0) is 16.1 Å². The molecule has 0 saturated heterocycles. The predicted octanol–water partition coefficient (Wildman–Crippen LogP) is 2.92. The van der Waals surface area contributed by atoms with E-state index in [-0.39, 0.29) is 16.6 Å². The maximum absolute atomic E-state index is 12.0. The summed E-state index contributed by atoms with van der Waals surface area (Å²) in [5.41, 5.74) is 6.67. The Morgan fingerprint density at radius 1 is 1.54 bits per heavy atom. The van der Waals surface area contributed by atoms with Crippen LogP contribution in [0.3, 0.4) is 0 Å². The molecule has 1 aromatic rings. The van der Waals surface area contributed by atoms with Crippen molar-refractivity contribution in [3.63, 3.8) is 0 Å². The van der Waals surface area contributed by atoms with E-state index in [2.05, 4.69) is 11.6 Å². The normalized spacial score (nSPS) is 15.8. The highest BCUT2D eigenvalue weighted by molar-refractivity contribution is 6.58. The smallest absolute Gasteiger partial charge is 0.358 e. The van der Waals surface area contributed by atoms with E-state index in [1.807, 2.05) is 19.1 Å². The van der Waals surface area contributed by atoms with Crippen molar-refractivity contribution in [3.05, 3.63) is 46.8 Å². The number of nitrogens with two attached hydrogens (primary N) is 1. The van der Waals surface area contributed by atoms with E-state index in [9.17, 15) is 4.79 Å². The zero-order chi connectivity index (χ0) is 17.9. The Balaban J connectivity index is 2.23. The van der Waals surface area contributed by atoms with Gasteiger partial charge in [-0.1, -0.05) is 18.2 Å². The van der Waals surface area contributed by atoms with Crippen molar-refractivity contribution in [2.45, 2.75) is 26.3 Å². The third kappa shape index (κ3) is 4.41. The highest BCUT2D eigenvalue weighted by atomic mass is 35.5. The number of ether oxygens (including phenoxy) is 1. The highest BCUT2D eigenvalue weighted by Gasteiger charge is 2.27. The first-order valence-corrected chi connectivity index (χ1v) is 7.99. The predicted molar refractivity (Wildman–Crippen MR) is 93.3 cm³/mol. The van der Waals surface area contributed by atoms with Gasteiger partial charge in [-0.15, -0.1) is 0 Å². The Hall–Kier alpha value is -2.21. The molecule has 1 aliphatic rings. The van der Waals surface area contributed by atoms with Gasteiger partial charge in [-0.2, -0.15) is 0 Å². The monoisotopic (exact) mass is 351 g/mol. The molecular formula is C17H22ClN3O3. The van der Waals surface area contributed by atoms with E-state index in [0.29, 0.717) is 18.2 Å². The van der Waals surface area contributed by atoms with Crippen molar-refractivity contribution in [2.75, 3.05) is 14.2 Å². The van der Waals surface area contributed by atoms with Gasteiger partial charge in [0, 0.05) is 18.7 Å². The molecule has 2 N–H and O–H groups in total. The summed E-state index contributed by atoms with van der Waals surface area (Å²) < 4.78 is 10.3. The maximum Gasteiger partial charge on any atom is 0.358 e. The summed E-state index contributed by atoms with van der Waals surface area (Å²) >= 11 is 6.32. The van der Waals surface area contributed by atoms with Gasteiger partial charge in [-0.05, 0) is 31.9 Å². The first-order chi connectivity index (χ1) is 11.3. The molecule has 0 aromatic carbocycles. The number of hydrogen-bond donors (Lipinski definition) is 1. The van der Waals surface area contributed by atoms with E-state index in [4.69, 9.17) is 26.5 Å². The number of esters is 1. The van der Waals surface area contributed by atoms with Gasteiger partial charge in [0.15, 0.2) is 5.71 Å². The molecule has 2 rings (SSSR count). The molecule has 1 aliphatic carbocycles. The molecule has 0 atom stereocenters. The third-order valence-electron chi connectivity index (χ3n) is 3.72. The lowest BCUT2D eigenvalue weighted by atomic mass is 10.2. The van der Waals surface area contributed by atoms with Crippen molar-refractivity contribution < 1.29 is 13.9 Å². The molecule has 0 amide bonds. The lowest BCUT2D eigenvalue weighted by molar-refractivity contribution is -0.132. The number of hydrogen-bond acceptors (Lipinski definition) is 6. The third-order valence-corrected chi connectivity index (χ3v) is 4.09. The van der Waals surface area contributed by atoms with Crippen LogP contribution in [0.1, 0.15) is 24.4 Å². The average Bonchev–Trinajstić information content (AvgIpc) is 3.33. The number of nitrogens with zero attached hydrogens (tertiary/aromatic N) is 2. The highest BCUT2D eigenvalue weighted by Crippen LogP contribution is 2.36. The van der Waals surface area contributed by atoms with Crippen LogP contribution in [0.2, 0.25) is 0 Å². The minimum Gasteiger partial charge on any atom is -0.464 e. The van der Waals surface area contributed by atoms with Crippen LogP contribution in [0.15, 0.2) is 44.7 Å². The number of aliphatic imine (C=N–C) groups is 1. The number of furan rings is 1. The fraction of sp³-hybridized carbons (Fsp3) is 0.412. The fourth-order valence-corrected chi connectivity index (χ4v) is 2.37. The molecule has 0 aliphatic heterocycles. The van der Waals surface area contributed by atoms with Crippen molar-refractivity contribution in [3.8, 4) is 0 Å². The van der Waals surface area contributed by atoms with Crippen molar-refractivity contribution in [1.29, 1.82) is 0 Å². The van der Waals surface area contributed by atoms with Crippen LogP contribution in [0.5, 0.6) is 0 Å². The van der Waals surface area contributed by atoms with Crippen LogP contribution in [0, 0.1) is 12.8 Å². The number of methoxy groups -OCH3 is 1. The maximum atomic E-state index is 12.0. The summed E-state index contributed by atoms with van der Waals surface area (Å²) in [4.78, 5) is 17.9. The Labute approximate surface area is 146 Å². The van der Waals surface area contributed by atoms with Crippen LogP contribution in [-0.4, -0.2) is 30.7 Å². The van der Waals surface area contributed by atoms with Gasteiger partial charge in [0.05, 0.1) is 13.7 Å². The van der Waals surface area contributed by atoms with E-state index in [0.717, 1.165) is 24.4 Å². The quantitative estimate of drug-likeness (QED) is 0.603. The number of rotatable bonds is 7. The molecule has 24 heavy (non-hydrogen) atoms. The molecule has 0 radical (unpaired) electrons. The Bertz CT molecular complexity index is 702. The van der Waals surface area contributed by atoms with Crippen LogP contribution in [0.25, 0.3) is 0 Å². The topological polar surface area (TPSA) is 81.1 Å². The molecular weight excluding hydrogens is 330 g/mol. The second kappa shape index (κ2) is 7.57. The van der Waals surface area contributed by atoms with Crippen LogP contribution < -0.4 is 5.73 Å². The molecule has 6 nitrogen and oxygen atoms in total.